The second-order valence-electron chi connectivity index (χ2n) is 5.00. The van der Waals surface area contributed by atoms with Crippen molar-refractivity contribution in [2.45, 2.75) is 6.61 Å². The lowest BCUT2D eigenvalue weighted by Crippen LogP contribution is -2.51. The Morgan fingerprint density at radius 2 is 1.70 bits per heavy atom. The number of aliphatic hydroxyl groups excluding tert-OH is 1. The summed E-state index contributed by atoms with van der Waals surface area (Å²) in [6.45, 7) is 2.47. The Kier molecular flexibility index (Phi) is 4.64. The van der Waals surface area contributed by atoms with Crippen LogP contribution < -0.4 is 4.31 Å². The standard InChI is InChI=1S/C13H21N3O3S/c1-14-7-9-16(10-8-14)20(18,19)15(2)13-5-3-12(11-17)4-6-13/h3-6,17H,7-11H2,1-2H3. The SMILES string of the molecule is CN1CCN(S(=O)(=O)N(C)c2ccc(CO)cc2)CC1. The van der Waals surface area contributed by atoms with Gasteiger partial charge in [-0.05, 0) is 24.7 Å². The number of aliphatic hydroxyl groups is 1. The van der Waals surface area contributed by atoms with Crippen LogP contribution in [0, 0.1) is 0 Å². The molecule has 0 aliphatic carbocycles. The molecule has 0 radical (unpaired) electrons. The fourth-order valence-electron chi connectivity index (χ4n) is 2.14. The number of nitrogens with zero attached hydrogens (tertiary/aromatic N) is 3. The topological polar surface area (TPSA) is 64.1 Å². The van der Waals surface area contributed by atoms with Gasteiger partial charge in [0.1, 0.15) is 0 Å². The van der Waals surface area contributed by atoms with E-state index >= 15 is 0 Å². The predicted molar refractivity (Wildman–Crippen MR) is 78.8 cm³/mol. The van der Waals surface area contributed by atoms with Crippen LogP contribution in [0.15, 0.2) is 24.3 Å². The average molecular weight is 299 g/mol. The quantitative estimate of drug-likeness (QED) is 0.857. The number of benzene rings is 1. The Morgan fingerprint density at radius 1 is 1.15 bits per heavy atom. The molecule has 2 rings (SSSR count). The Labute approximate surface area is 120 Å². The molecule has 0 amide bonds. The average Bonchev–Trinajstić information content (AvgIpc) is 2.47. The van der Waals surface area contributed by atoms with Gasteiger partial charge in [0, 0.05) is 33.2 Å². The summed E-state index contributed by atoms with van der Waals surface area (Å²) < 4.78 is 27.9. The van der Waals surface area contributed by atoms with Gasteiger partial charge in [0.2, 0.25) is 0 Å². The van der Waals surface area contributed by atoms with Crippen molar-refractivity contribution in [1.82, 2.24) is 9.21 Å². The van der Waals surface area contributed by atoms with Crippen LogP contribution in [0.25, 0.3) is 0 Å². The first kappa shape index (κ1) is 15.2. The summed E-state index contributed by atoms with van der Waals surface area (Å²) >= 11 is 0. The zero-order valence-corrected chi connectivity index (χ0v) is 12.7. The van der Waals surface area contributed by atoms with Crippen molar-refractivity contribution in [3.8, 4) is 0 Å². The van der Waals surface area contributed by atoms with Crippen molar-refractivity contribution >= 4 is 15.9 Å². The Morgan fingerprint density at radius 3 is 2.20 bits per heavy atom. The van der Waals surface area contributed by atoms with Crippen LogP contribution in [0.2, 0.25) is 0 Å². The molecular weight excluding hydrogens is 278 g/mol. The van der Waals surface area contributed by atoms with Crippen molar-refractivity contribution in [3.05, 3.63) is 29.8 Å². The van der Waals surface area contributed by atoms with Crippen molar-refractivity contribution in [2.24, 2.45) is 0 Å². The summed E-state index contributed by atoms with van der Waals surface area (Å²) in [6, 6.07) is 6.87. The van der Waals surface area contributed by atoms with Gasteiger partial charge in [-0.3, -0.25) is 4.31 Å². The predicted octanol–water partition coefficient (Wildman–Crippen LogP) is 0.107. The van der Waals surface area contributed by atoms with E-state index in [0.29, 0.717) is 18.8 Å². The molecule has 1 aromatic rings. The van der Waals surface area contributed by atoms with Crippen molar-refractivity contribution in [2.75, 3.05) is 44.6 Å². The van der Waals surface area contributed by atoms with Crippen molar-refractivity contribution < 1.29 is 13.5 Å². The zero-order valence-electron chi connectivity index (χ0n) is 11.9. The van der Waals surface area contributed by atoms with Gasteiger partial charge in [0.25, 0.3) is 0 Å². The van der Waals surface area contributed by atoms with Crippen LogP contribution >= 0.6 is 0 Å². The highest BCUT2D eigenvalue weighted by molar-refractivity contribution is 7.90. The van der Waals surface area contributed by atoms with Crippen LogP contribution in [0.3, 0.4) is 0 Å². The molecule has 1 saturated heterocycles. The summed E-state index contributed by atoms with van der Waals surface area (Å²) in [5, 5.41) is 9.01. The molecule has 0 unspecified atom stereocenters. The van der Waals surface area contributed by atoms with E-state index in [-0.39, 0.29) is 6.61 Å². The molecule has 1 aliphatic heterocycles. The molecule has 1 fully saturated rings. The highest BCUT2D eigenvalue weighted by Gasteiger charge is 2.29. The third-order valence-electron chi connectivity index (χ3n) is 3.62. The van der Waals surface area contributed by atoms with Gasteiger partial charge in [-0.2, -0.15) is 12.7 Å². The van der Waals surface area contributed by atoms with E-state index in [0.717, 1.165) is 18.7 Å². The minimum Gasteiger partial charge on any atom is -0.392 e. The van der Waals surface area contributed by atoms with E-state index in [9.17, 15) is 8.42 Å². The number of piperazine rings is 1. The lowest BCUT2D eigenvalue weighted by molar-refractivity contribution is 0.222. The van der Waals surface area contributed by atoms with Crippen LogP contribution in [-0.4, -0.2) is 63.0 Å². The van der Waals surface area contributed by atoms with E-state index < -0.39 is 10.2 Å². The molecule has 112 valence electrons. The minimum atomic E-state index is -3.48. The maximum Gasteiger partial charge on any atom is 0.303 e. The van der Waals surface area contributed by atoms with Gasteiger partial charge in [0.15, 0.2) is 0 Å². The first-order valence-electron chi connectivity index (χ1n) is 6.57. The molecular formula is C13H21N3O3S. The lowest BCUT2D eigenvalue weighted by Gasteiger charge is -2.34. The monoisotopic (exact) mass is 299 g/mol. The van der Waals surface area contributed by atoms with Gasteiger partial charge >= 0.3 is 10.2 Å². The zero-order chi connectivity index (χ0) is 14.8. The van der Waals surface area contributed by atoms with E-state index in [1.54, 1.807) is 31.3 Å². The lowest BCUT2D eigenvalue weighted by atomic mass is 10.2. The summed E-state index contributed by atoms with van der Waals surface area (Å²) in [5.74, 6) is 0. The molecule has 0 spiro atoms. The smallest absolute Gasteiger partial charge is 0.303 e. The van der Waals surface area contributed by atoms with Gasteiger partial charge in [0.05, 0.1) is 12.3 Å². The minimum absolute atomic E-state index is 0.0464. The molecule has 0 aromatic heterocycles. The largest absolute Gasteiger partial charge is 0.392 e. The normalized spacial score (nSPS) is 18.1. The van der Waals surface area contributed by atoms with E-state index in [4.69, 9.17) is 5.11 Å². The maximum absolute atomic E-state index is 12.5. The second-order valence-corrected chi connectivity index (χ2v) is 6.96. The number of rotatable bonds is 4. The summed E-state index contributed by atoms with van der Waals surface area (Å²) in [5.41, 5.74) is 1.36. The molecule has 1 aromatic carbocycles. The number of hydrogen-bond donors (Lipinski definition) is 1. The Bertz CT molecular complexity index is 536. The van der Waals surface area contributed by atoms with Crippen molar-refractivity contribution in [3.63, 3.8) is 0 Å². The highest BCUT2D eigenvalue weighted by atomic mass is 32.2. The number of hydrogen-bond acceptors (Lipinski definition) is 4. The number of likely N-dealkylation sites (N-methyl/N-ethyl adjacent to an activating group) is 1. The van der Waals surface area contributed by atoms with E-state index in [1.165, 1.54) is 8.61 Å². The highest BCUT2D eigenvalue weighted by Crippen LogP contribution is 2.20. The molecule has 1 N–H and O–H groups in total. The summed E-state index contributed by atoms with van der Waals surface area (Å²) in [7, 11) is 0.0639. The van der Waals surface area contributed by atoms with Crippen molar-refractivity contribution in [1.29, 1.82) is 0 Å². The second kappa shape index (κ2) is 6.09. The summed E-state index contributed by atoms with van der Waals surface area (Å²) in [6.07, 6.45) is 0. The molecule has 20 heavy (non-hydrogen) atoms. The van der Waals surface area contributed by atoms with E-state index in [1.807, 2.05) is 7.05 Å². The molecule has 1 heterocycles. The first-order chi connectivity index (χ1) is 9.45. The molecule has 1 aliphatic rings. The maximum atomic E-state index is 12.5. The Hall–Kier alpha value is -1.15. The number of anilines is 1. The van der Waals surface area contributed by atoms with Crippen LogP contribution in [0.4, 0.5) is 5.69 Å². The fraction of sp³-hybridized carbons (Fsp3) is 0.538. The molecule has 6 nitrogen and oxygen atoms in total. The molecule has 0 saturated carbocycles. The van der Waals surface area contributed by atoms with Crippen LogP contribution in [0.5, 0.6) is 0 Å². The third-order valence-corrected chi connectivity index (χ3v) is 5.54. The van der Waals surface area contributed by atoms with Crippen LogP contribution in [0.1, 0.15) is 5.56 Å². The Balaban J connectivity index is 2.15. The molecule has 7 heteroatoms. The molecule has 0 bridgehead atoms. The van der Waals surface area contributed by atoms with Crippen LogP contribution in [-0.2, 0) is 16.8 Å². The third kappa shape index (κ3) is 3.12. The fourth-order valence-corrected chi connectivity index (χ4v) is 3.50. The summed E-state index contributed by atoms with van der Waals surface area (Å²) in [4.78, 5) is 2.11. The van der Waals surface area contributed by atoms with Gasteiger partial charge in [-0.1, -0.05) is 12.1 Å². The van der Waals surface area contributed by atoms with Gasteiger partial charge in [-0.25, -0.2) is 0 Å². The van der Waals surface area contributed by atoms with E-state index in [2.05, 4.69) is 4.90 Å². The van der Waals surface area contributed by atoms with Gasteiger partial charge < -0.3 is 10.0 Å². The first-order valence-corrected chi connectivity index (χ1v) is 7.97. The van der Waals surface area contributed by atoms with Gasteiger partial charge in [-0.15, -0.1) is 0 Å². The molecule has 0 atom stereocenters.